The Balaban J connectivity index is 2.08. The first-order chi connectivity index (χ1) is 7.16. The molecule has 2 N–H and O–H groups in total. The van der Waals surface area contributed by atoms with Crippen LogP contribution in [0.3, 0.4) is 0 Å². The zero-order chi connectivity index (χ0) is 10.8. The van der Waals surface area contributed by atoms with Crippen molar-refractivity contribution in [2.24, 2.45) is 0 Å². The van der Waals surface area contributed by atoms with Crippen LogP contribution in [-0.2, 0) is 0 Å². The van der Waals surface area contributed by atoms with E-state index in [9.17, 15) is 9.50 Å². The number of hydrogen-bond donors (Lipinski definition) is 2. The zero-order valence-corrected chi connectivity index (χ0v) is 8.78. The van der Waals surface area contributed by atoms with E-state index in [0.717, 1.165) is 18.4 Å². The molecule has 82 valence electrons. The monoisotopic (exact) mass is 209 g/mol. The van der Waals surface area contributed by atoms with Crippen LogP contribution in [-0.4, -0.2) is 17.3 Å². The summed E-state index contributed by atoms with van der Waals surface area (Å²) in [4.78, 5) is 0. The van der Waals surface area contributed by atoms with Crippen molar-refractivity contribution in [1.29, 1.82) is 0 Å². The maximum absolute atomic E-state index is 13.0. The van der Waals surface area contributed by atoms with Crippen LogP contribution < -0.4 is 5.32 Å². The molecule has 3 heteroatoms. The van der Waals surface area contributed by atoms with Gasteiger partial charge in [0.1, 0.15) is 5.82 Å². The van der Waals surface area contributed by atoms with Crippen molar-refractivity contribution in [3.63, 3.8) is 0 Å². The lowest BCUT2D eigenvalue weighted by Crippen LogP contribution is -2.33. The molecular weight excluding hydrogens is 193 g/mol. The summed E-state index contributed by atoms with van der Waals surface area (Å²) in [6.07, 6.45) is 1.56. The van der Waals surface area contributed by atoms with Gasteiger partial charge in [-0.05, 0) is 37.5 Å². The minimum Gasteiger partial charge on any atom is -0.392 e. The molecule has 2 rings (SSSR count). The van der Waals surface area contributed by atoms with E-state index in [-0.39, 0.29) is 24.0 Å². The Morgan fingerprint density at radius 1 is 1.47 bits per heavy atom. The number of aliphatic hydroxyl groups is 1. The van der Waals surface area contributed by atoms with Crippen molar-refractivity contribution in [3.8, 4) is 0 Å². The maximum atomic E-state index is 13.0. The van der Waals surface area contributed by atoms with Crippen molar-refractivity contribution in [1.82, 2.24) is 5.32 Å². The van der Waals surface area contributed by atoms with E-state index < -0.39 is 0 Å². The number of nitrogens with one attached hydrogen (secondary N) is 1. The Hall–Kier alpha value is -0.930. The number of benzene rings is 1. The average Bonchev–Trinajstić information content (AvgIpc) is 2.66. The fourth-order valence-electron chi connectivity index (χ4n) is 2.14. The summed E-state index contributed by atoms with van der Waals surface area (Å²) in [5.74, 6) is -0.199. The summed E-state index contributed by atoms with van der Waals surface area (Å²) in [6, 6.07) is 6.97. The topological polar surface area (TPSA) is 32.3 Å². The van der Waals surface area contributed by atoms with Crippen LogP contribution in [0.25, 0.3) is 0 Å². The largest absolute Gasteiger partial charge is 0.392 e. The van der Waals surface area contributed by atoms with Gasteiger partial charge in [-0.1, -0.05) is 12.1 Å². The van der Waals surface area contributed by atoms with Gasteiger partial charge in [-0.15, -0.1) is 0 Å². The fraction of sp³-hybridized carbons (Fsp3) is 0.500. The van der Waals surface area contributed by atoms with Crippen molar-refractivity contribution in [3.05, 3.63) is 35.6 Å². The predicted octanol–water partition coefficient (Wildman–Crippen LogP) is 2.00. The lowest BCUT2D eigenvalue weighted by Gasteiger charge is -2.16. The van der Waals surface area contributed by atoms with Crippen LogP contribution in [0, 0.1) is 5.82 Å². The Labute approximate surface area is 89.1 Å². The van der Waals surface area contributed by atoms with Crippen molar-refractivity contribution in [2.75, 3.05) is 0 Å². The van der Waals surface area contributed by atoms with Gasteiger partial charge < -0.3 is 10.4 Å². The van der Waals surface area contributed by atoms with Gasteiger partial charge in [-0.2, -0.15) is 0 Å². The molecule has 1 saturated heterocycles. The van der Waals surface area contributed by atoms with E-state index in [1.165, 1.54) is 6.07 Å². The Bertz CT molecular complexity index is 340. The van der Waals surface area contributed by atoms with E-state index in [4.69, 9.17) is 0 Å². The van der Waals surface area contributed by atoms with Gasteiger partial charge in [0.2, 0.25) is 0 Å². The molecule has 0 amide bonds. The highest BCUT2D eigenvalue weighted by Crippen LogP contribution is 2.27. The molecule has 0 saturated carbocycles. The third kappa shape index (κ3) is 2.36. The van der Waals surface area contributed by atoms with Gasteiger partial charge in [0.25, 0.3) is 0 Å². The number of halogens is 1. The molecule has 1 aromatic carbocycles. The smallest absolute Gasteiger partial charge is 0.123 e. The van der Waals surface area contributed by atoms with Crippen LogP contribution in [0.5, 0.6) is 0 Å². The van der Waals surface area contributed by atoms with E-state index >= 15 is 0 Å². The van der Waals surface area contributed by atoms with Crippen LogP contribution in [0.1, 0.15) is 31.4 Å². The van der Waals surface area contributed by atoms with Crippen LogP contribution in [0.2, 0.25) is 0 Å². The minimum atomic E-state index is -0.344. The van der Waals surface area contributed by atoms with Crippen LogP contribution in [0.15, 0.2) is 24.3 Å². The van der Waals surface area contributed by atoms with Crippen LogP contribution >= 0.6 is 0 Å². The van der Waals surface area contributed by atoms with Gasteiger partial charge in [-0.3, -0.25) is 0 Å². The molecule has 1 aliphatic heterocycles. The molecule has 1 heterocycles. The lowest BCUT2D eigenvalue weighted by atomic mass is 10.1. The molecule has 0 aliphatic carbocycles. The molecule has 15 heavy (non-hydrogen) atoms. The molecule has 0 bridgehead atoms. The van der Waals surface area contributed by atoms with Gasteiger partial charge >= 0.3 is 0 Å². The average molecular weight is 209 g/mol. The van der Waals surface area contributed by atoms with Crippen molar-refractivity contribution < 1.29 is 9.50 Å². The van der Waals surface area contributed by atoms with Crippen molar-refractivity contribution in [2.45, 2.75) is 38.0 Å². The van der Waals surface area contributed by atoms with Crippen molar-refractivity contribution >= 4 is 0 Å². The normalized spacial score (nSPS) is 27.9. The molecule has 1 aliphatic rings. The van der Waals surface area contributed by atoms with Crippen LogP contribution in [0.4, 0.5) is 4.39 Å². The Kier molecular flexibility index (Phi) is 3.03. The Morgan fingerprint density at radius 2 is 2.27 bits per heavy atom. The summed E-state index contributed by atoms with van der Waals surface area (Å²) in [6.45, 7) is 1.78. The second-order valence-electron chi connectivity index (χ2n) is 4.20. The second-order valence-corrected chi connectivity index (χ2v) is 4.20. The number of rotatable bonds is 2. The first-order valence-electron chi connectivity index (χ1n) is 5.36. The van der Waals surface area contributed by atoms with Gasteiger partial charge in [0.05, 0.1) is 6.10 Å². The molecule has 3 atom stereocenters. The standard InChI is InChI=1S/C12H16FNO/c1-8(15)11-5-6-12(14-11)9-3-2-4-10(13)7-9/h2-4,7-8,11-12,14-15H,5-6H2,1H3/t8-,11+,12-/m0/s1. The summed E-state index contributed by atoms with van der Waals surface area (Å²) in [5.41, 5.74) is 0.971. The highest BCUT2D eigenvalue weighted by Gasteiger charge is 2.27. The maximum Gasteiger partial charge on any atom is 0.123 e. The first-order valence-corrected chi connectivity index (χ1v) is 5.36. The minimum absolute atomic E-state index is 0.137. The molecule has 2 nitrogen and oxygen atoms in total. The summed E-state index contributed by atoms with van der Waals surface area (Å²) >= 11 is 0. The molecular formula is C12H16FNO. The first kappa shape index (κ1) is 10.6. The molecule has 1 aromatic rings. The molecule has 0 radical (unpaired) electrons. The predicted molar refractivity (Wildman–Crippen MR) is 57.0 cm³/mol. The molecule has 0 aromatic heterocycles. The SMILES string of the molecule is C[C@H](O)[C@H]1CC[C@@H](c2cccc(F)c2)N1. The van der Waals surface area contributed by atoms with E-state index in [0.29, 0.717) is 0 Å². The van der Waals surface area contributed by atoms with E-state index in [2.05, 4.69) is 5.32 Å². The number of aliphatic hydroxyl groups excluding tert-OH is 1. The lowest BCUT2D eigenvalue weighted by molar-refractivity contribution is 0.152. The van der Waals surface area contributed by atoms with Gasteiger partial charge in [0.15, 0.2) is 0 Å². The van der Waals surface area contributed by atoms with Gasteiger partial charge in [0, 0.05) is 12.1 Å². The Morgan fingerprint density at radius 3 is 2.87 bits per heavy atom. The highest BCUT2D eigenvalue weighted by atomic mass is 19.1. The fourth-order valence-corrected chi connectivity index (χ4v) is 2.14. The quantitative estimate of drug-likeness (QED) is 0.780. The zero-order valence-electron chi connectivity index (χ0n) is 8.78. The summed E-state index contributed by atoms with van der Waals surface area (Å²) in [5, 5.41) is 12.8. The summed E-state index contributed by atoms with van der Waals surface area (Å²) in [7, 11) is 0. The summed E-state index contributed by atoms with van der Waals surface area (Å²) < 4.78 is 13.0. The molecule has 0 unspecified atom stereocenters. The molecule has 1 fully saturated rings. The van der Waals surface area contributed by atoms with E-state index in [1.54, 1.807) is 19.1 Å². The van der Waals surface area contributed by atoms with Gasteiger partial charge in [-0.25, -0.2) is 4.39 Å². The second kappa shape index (κ2) is 4.29. The third-order valence-electron chi connectivity index (χ3n) is 3.01. The number of hydrogen-bond acceptors (Lipinski definition) is 2. The van der Waals surface area contributed by atoms with E-state index in [1.807, 2.05) is 6.07 Å². The molecule has 0 spiro atoms. The third-order valence-corrected chi connectivity index (χ3v) is 3.01. The highest BCUT2D eigenvalue weighted by molar-refractivity contribution is 5.21.